The Kier molecular flexibility index (Phi) is 7.51. The molecule has 0 radical (unpaired) electrons. The summed E-state index contributed by atoms with van der Waals surface area (Å²) in [6.07, 6.45) is 6.55. The molecule has 1 aromatic carbocycles. The number of nitrogens with one attached hydrogen (secondary N) is 2. The number of aromatic amines is 1. The van der Waals surface area contributed by atoms with E-state index in [2.05, 4.69) is 30.2 Å². The zero-order chi connectivity index (χ0) is 18.1. The molecule has 0 unspecified atom stereocenters. The Balaban J connectivity index is 1.86. The Morgan fingerprint density at radius 3 is 2.44 bits per heavy atom. The van der Waals surface area contributed by atoms with Crippen molar-refractivity contribution in [1.82, 2.24) is 15.2 Å². The van der Waals surface area contributed by atoms with E-state index in [1.807, 2.05) is 24.4 Å². The number of unbranched alkanes of at least 4 members (excludes halogenated alkanes) is 2. The Hall–Kier alpha value is -2.30. The molecule has 0 spiro atoms. The van der Waals surface area contributed by atoms with Crippen LogP contribution in [0.15, 0.2) is 30.5 Å². The lowest BCUT2D eigenvalue weighted by Gasteiger charge is -2.21. The van der Waals surface area contributed by atoms with Crippen molar-refractivity contribution in [3.05, 3.63) is 36.0 Å². The first-order valence-electron chi connectivity index (χ1n) is 9.29. The van der Waals surface area contributed by atoms with E-state index >= 15 is 0 Å². The molecule has 5 nitrogen and oxygen atoms in total. The van der Waals surface area contributed by atoms with Crippen LogP contribution < -0.4 is 5.32 Å². The first-order valence-corrected chi connectivity index (χ1v) is 9.29. The number of hydrogen-bond donors (Lipinski definition) is 2. The van der Waals surface area contributed by atoms with Gasteiger partial charge in [-0.3, -0.25) is 9.59 Å². The maximum atomic E-state index is 12.4. The first-order chi connectivity index (χ1) is 12.2. The second kappa shape index (κ2) is 9.87. The van der Waals surface area contributed by atoms with Crippen molar-refractivity contribution in [2.45, 2.75) is 46.0 Å². The Bertz CT molecular complexity index is 685. The van der Waals surface area contributed by atoms with E-state index in [-0.39, 0.29) is 0 Å². The topological polar surface area (TPSA) is 65.2 Å². The van der Waals surface area contributed by atoms with Gasteiger partial charge in [0.25, 0.3) is 0 Å². The second-order valence-electron chi connectivity index (χ2n) is 6.36. The molecule has 1 heterocycles. The molecule has 5 heteroatoms. The first kappa shape index (κ1) is 19.0. The fourth-order valence-corrected chi connectivity index (χ4v) is 2.88. The van der Waals surface area contributed by atoms with Gasteiger partial charge < -0.3 is 15.2 Å². The van der Waals surface area contributed by atoms with Gasteiger partial charge in [0.15, 0.2) is 0 Å². The molecule has 2 N–H and O–H groups in total. The molecule has 0 aliphatic carbocycles. The molecule has 0 bridgehead atoms. The lowest BCUT2D eigenvalue weighted by Crippen LogP contribution is -2.44. The average molecular weight is 343 g/mol. The zero-order valence-electron chi connectivity index (χ0n) is 15.3. The maximum absolute atomic E-state index is 12.4. The number of hydrogen-bond acceptors (Lipinski definition) is 2. The Labute approximate surface area is 149 Å². The normalized spacial score (nSPS) is 10.8. The number of para-hydroxylation sites is 1. The molecule has 0 saturated carbocycles. The largest absolute Gasteiger partial charge is 0.361 e. The summed E-state index contributed by atoms with van der Waals surface area (Å²) < 4.78 is 0. The lowest BCUT2D eigenvalue weighted by molar-refractivity contribution is -0.145. The highest BCUT2D eigenvalue weighted by molar-refractivity contribution is 6.35. The third-order valence-electron chi connectivity index (χ3n) is 4.40. The molecule has 0 atom stereocenters. The van der Waals surface area contributed by atoms with Crippen LogP contribution in [0.5, 0.6) is 0 Å². The number of benzene rings is 1. The summed E-state index contributed by atoms with van der Waals surface area (Å²) in [5.74, 6) is -0.895. The molecule has 0 aliphatic heterocycles. The number of nitrogens with zero attached hydrogens (tertiary/aromatic N) is 1. The molecule has 136 valence electrons. The van der Waals surface area contributed by atoms with Crippen LogP contribution in [0.25, 0.3) is 10.9 Å². The van der Waals surface area contributed by atoms with Crippen LogP contribution in [-0.2, 0) is 16.0 Å². The van der Waals surface area contributed by atoms with Gasteiger partial charge >= 0.3 is 11.8 Å². The van der Waals surface area contributed by atoms with Crippen LogP contribution in [0, 0.1) is 0 Å². The molecule has 2 aromatic rings. The molecule has 2 rings (SSSR count). The van der Waals surface area contributed by atoms with Gasteiger partial charge in [0.1, 0.15) is 0 Å². The number of rotatable bonds is 9. The van der Waals surface area contributed by atoms with Crippen molar-refractivity contribution >= 4 is 22.7 Å². The molecule has 0 saturated heterocycles. The van der Waals surface area contributed by atoms with Gasteiger partial charge in [-0.05, 0) is 30.9 Å². The zero-order valence-corrected chi connectivity index (χ0v) is 15.3. The molecular weight excluding hydrogens is 314 g/mol. The van der Waals surface area contributed by atoms with E-state index in [9.17, 15) is 9.59 Å². The molecular formula is C20H29N3O2. The highest BCUT2D eigenvalue weighted by atomic mass is 16.2. The van der Waals surface area contributed by atoms with E-state index in [4.69, 9.17) is 0 Å². The smallest absolute Gasteiger partial charge is 0.311 e. The molecule has 25 heavy (non-hydrogen) atoms. The standard InChI is InChI=1S/C20H29N3O2/c1-3-5-13-23(14-6-4-2)20(25)19(24)21-12-11-16-15-22-18-10-8-7-9-17(16)18/h7-10,15,22H,3-6,11-14H2,1-2H3,(H,21,24). The summed E-state index contributed by atoms with van der Waals surface area (Å²) >= 11 is 0. The molecule has 1 aromatic heterocycles. The van der Waals surface area contributed by atoms with Crippen LogP contribution in [0.3, 0.4) is 0 Å². The SMILES string of the molecule is CCCCN(CCCC)C(=O)C(=O)NCCc1c[nH]c2ccccc12. The second-order valence-corrected chi connectivity index (χ2v) is 6.36. The number of carbonyl (C=O) groups is 2. The maximum Gasteiger partial charge on any atom is 0.311 e. The fourth-order valence-electron chi connectivity index (χ4n) is 2.88. The van der Waals surface area contributed by atoms with Gasteiger partial charge in [-0.15, -0.1) is 0 Å². The number of fused-ring (bicyclic) bond motifs is 1. The van der Waals surface area contributed by atoms with Crippen molar-refractivity contribution in [3.63, 3.8) is 0 Å². The van der Waals surface area contributed by atoms with Gasteiger partial charge in [0.05, 0.1) is 0 Å². The minimum absolute atomic E-state index is 0.402. The molecule has 0 fully saturated rings. The average Bonchev–Trinajstić information content (AvgIpc) is 3.04. The summed E-state index contributed by atoms with van der Waals surface area (Å²) in [5, 5.41) is 3.94. The third-order valence-corrected chi connectivity index (χ3v) is 4.40. The summed E-state index contributed by atoms with van der Waals surface area (Å²) in [6, 6.07) is 8.08. The van der Waals surface area contributed by atoms with E-state index in [1.165, 1.54) is 0 Å². The predicted molar refractivity (Wildman–Crippen MR) is 101 cm³/mol. The van der Waals surface area contributed by atoms with Crippen molar-refractivity contribution in [2.24, 2.45) is 0 Å². The van der Waals surface area contributed by atoms with Crippen molar-refractivity contribution in [3.8, 4) is 0 Å². The van der Waals surface area contributed by atoms with E-state index < -0.39 is 11.8 Å². The number of aromatic nitrogens is 1. The quantitative estimate of drug-likeness (QED) is 0.686. The summed E-state index contributed by atoms with van der Waals surface area (Å²) in [6.45, 7) is 5.95. The number of amides is 2. The minimum Gasteiger partial charge on any atom is -0.361 e. The predicted octanol–water partition coefficient (Wildman–Crippen LogP) is 3.26. The van der Waals surface area contributed by atoms with Gasteiger partial charge in [0, 0.05) is 36.7 Å². The van der Waals surface area contributed by atoms with Gasteiger partial charge in [0.2, 0.25) is 0 Å². The summed E-state index contributed by atoms with van der Waals surface area (Å²) in [4.78, 5) is 29.5. The fraction of sp³-hybridized carbons (Fsp3) is 0.500. The van der Waals surface area contributed by atoms with Crippen molar-refractivity contribution < 1.29 is 9.59 Å². The van der Waals surface area contributed by atoms with Crippen LogP contribution >= 0.6 is 0 Å². The third kappa shape index (κ3) is 5.34. The van der Waals surface area contributed by atoms with Crippen LogP contribution in [0.4, 0.5) is 0 Å². The van der Waals surface area contributed by atoms with E-state index in [0.717, 1.165) is 42.1 Å². The van der Waals surface area contributed by atoms with Crippen LogP contribution in [0.2, 0.25) is 0 Å². The van der Waals surface area contributed by atoms with Crippen molar-refractivity contribution in [1.29, 1.82) is 0 Å². The van der Waals surface area contributed by atoms with E-state index in [1.54, 1.807) is 4.90 Å². The number of H-pyrrole nitrogens is 1. The highest BCUT2D eigenvalue weighted by Gasteiger charge is 2.20. The van der Waals surface area contributed by atoms with Crippen LogP contribution in [-0.4, -0.2) is 41.3 Å². The summed E-state index contributed by atoms with van der Waals surface area (Å²) in [5.41, 5.74) is 2.24. The number of carbonyl (C=O) groups excluding carboxylic acids is 2. The minimum atomic E-state index is -0.493. The van der Waals surface area contributed by atoms with Crippen molar-refractivity contribution in [2.75, 3.05) is 19.6 Å². The molecule has 2 amide bonds. The van der Waals surface area contributed by atoms with E-state index in [0.29, 0.717) is 26.1 Å². The highest BCUT2D eigenvalue weighted by Crippen LogP contribution is 2.17. The molecule has 0 aliphatic rings. The lowest BCUT2D eigenvalue weighted by atomic mass is 10.1. The van der Waals surface area contributed by atoms with Crippen LogP contribution in [0.1, 0.15) is 45.1 Å². The Morgan fingerprint density at radius 1 is 1.08 bits per heavy atom. The Morgan fingerprint density at radius 2 is 1.76 bits per heavy atom. The van der Waals surface area contributed by atoms with Gasteiger partial charge in [-0.1, -0.05) is 44.9 Å². The monoisotopic (exact) mass is 343 g/mol. The summed E-state index contributed by atoms with van der Waals surface area (Å²) in [7, 11) is 0. The van der Waals surface area contributed by atoms with Gasteiger partial charge in [-0.25, -0.2) is 0 Å². The van der Waals surface area contributed by atoms with Gasteiger partial charge in [-0.2, -0.15) is 0 Å².